The molecule has 0 aromatic heterocycles. The molecule has 0 aliphatic carbocycles. The van der Waals surface area contributed by atoms with Crippen molar-refractivity contribution in [2.24, 2.45) is 0 Å². The molecule has 0 spiro atoms. The Bertz CT molecular complexity index is 1030. The van der Waals surface area contributed by atoms with Crippen molar-refractivity contribution >= 4 is 46.2 Å². The average Bonchev–Trinajstić information content (AvgIpc) is 2.85. The van der Waals surface area contributed by atoms with Crippen LogP contribution in [0.25, 0.3) is 0 Å². The molecule has 0 unspecified atom stereocenters. The third kappa shape index (κ3) is 6.70. The minimum Gasteiger partial charge on any atom is -0.493 e. The Hall–Kier alpha value is -3.64. The summed E-state index contributed by atoms with van der Waals surface area (Å²) in [5, 5.41) is 2.44. The van der Waals surface area contributed by atoms with Crippen molar-refractivity contribution in [1.82, 2.24) is 20.9 Å². The van der Waals surface area contributed by atoms with Crippen molar-refractivity contribution in [1.29, 1.82) is 0 Å². The topological polar surface area (TPSA) is 102 Å². The first-order valence-electron chi connectivity index (χ1n) is 10.2. The molecule has 0 bridgehead atoms. The lowest BCUT2D eigenvalue weighted by atomic mass is 10.1. The maximum absolute atomic E-state index is 12.9. The standard InChI is InChI=1S/C23H28N4O6S2/c1-26(22(28)14-9-7-11-16(30-3)20(14)32-5)24-18(34)13-19(35)25-27(2)23(29)15-10-8-12-17(31-4)21(15)33-6/h7-12H,13H2,1-6H3,(H,24,34)(H,25,35). The number of carbonyl (C=O) groups excluding carboxylic acids is 2. The first-order chi connectivity index (χ1) is 16.7. The summed E-state index contributed by atoms with van der Waals surface area (Å²) in [6.45, 7) is 0. The Balaban J connectivity index is 2.00. The predicted molar refractivity (Wildman–Crippen MR) is 139 cm³/mol. The molecule has 0 fully saturated rings. The van der Waals surface area contributed by atoms with Gasteiger partial charge in [-0.25, -0.2) is 0 Å². The van der Waals surface area contributed by atoms with E-state index in [1.807, 2.05) is 0 Å². The van der Waals surface area contributed by atoms with Gasteiger partial charge in [0.25, 0.3) is 11.8 Å². The molecule has 0 aliphatic heterocycles. The van der Waals surface area contributed by atoms with Gasteiger partial charge < -0.3 is 18.9 Å². The zero-order valence-corrected chi connectivity index (χ0v) is 22.0. The summed E-state index contributed by atoms with van der Waals surface area (Å²) in [4.78, 5) is 26.3. The van der Waals surface area contributed by atoms with Gasteiger partial charge in [-0.15, -0.1) is 0 Å². The molecule has 0 radical (unpaired) electrons. The summed E-state index contributed by atoms with van der Waals surface area (Å²) in [7, 11) is 8.93. The summed E-state index contributed by atoms with van der Waals surface area (Å²) >= 11 is 10.7. The van der Waals surface area contributed by atoms with E-state index < -0.39 is 0 Å². The van der Waals surface area contributed by atoms with Crippen LogP contribution in [0.3, 0.4) is 0 Å². The monoisotopic (exact) mass is 520 g/mol. The largest absolute Gasteiger partial charge is 0.493 e. The van der Waals surface area contributed by atoms with Crippen LogP contribution in [0.5, 0.6) is 23.0 Å². The molecule has 2 rings (SSSR count). The highest BCUT2D eigenvalue weighted by Gasteiger charge is 2.22. The molecule has 2 aromatic carbocycles. The van der Waals surface area contributed by atoms with Crippen LogP contribution >= 0.6 is 24.4 Å². The Kier molecular flexibility index (Phi) is 10.0. The number of hydrazine groups is 2. The summed E-state index contributed by atoms with van der Waals surface area (Å²) in [6, 6.07) is 9.98. The van der Waals surface area contributed by atoms with Gasteiger partial charge in [0.05, 0.1) is 46.0 Å². The van der Waals surface area contributed by atoms with E-state index in [1.54, 1.807) is 36.4 Å². The van der Waals surface area contributed by atoms with Crippen molar-refractivity contribution in [2.75, 3.05) is 42.5 Å². The number of nitrogens with one attached hydrogen (secondary N) is 2. The Morgan fingerprint density at radius 1 is 0.714 bits per heavy atom. The Morgan fingerprint density at radius 2 is 1.09 bits per heavy atom. The summed E-state index contributed by atoms with van der Waals surface area (Å²) < 4.78 is 21.1. The first-order valence-corrected chi connectivity index (χ1v) is 11.1. The summed E-state index contributed by atoms with van der Waals surface area (Å²) in [6.07, 6.45) is 0.0877. The molecular weight excluding hydrogens is 492 g/mol. The van der Waals surface area contributed by atoms with Gasteiger partial charge in [0.1, 0.15) is 9.98 Å². The maximum atomic E-state index is 12.9. The van der Waals surface area contributed by atoms with Crippen LogP contribution in [-0.4, -0.2) is 74.3 Å². The van der Waals surface area contributed by atoms with E-state index in [2.05, 4.69) is 10.9 Å². The van der Waals surface area contributed by atoms with Gasteiger partial charge in [0.15, 0.2) is 23.0 Å². The molecule has 0 atom stereocenters. The van der Waals surface area contributed by atoms with Gasteiger partial charge in [-0.3, -0.25) is 30.5 Å². The molecule has 0 saturated carbocycles. The van der Waals surface area contributed by atoms with Gasteiger partial charge in [0.2, 0.25) is 0 Å². The zero-order valence-electron chi connectivity index (χ0n) is 20.3. The van der Waals surface area contributed by atoms with E-state index >= 15 is 0 Å². The van der Waals surface area contributed by atoms with E-state index in [-0.39, 0.29) is 28.2 Å². The van der Waals surface area contributed by atoms with Gasteiger partial charge in [0, 0.05) is 14.1 Å². The number of amides is 2. The minimum absolute atomic E-state index is 0.0877. The second kappa shape index (κ2) is 12.7. The highest BCUT2D eigenvalue weighted by molar-refractivity contribution is 7.82. The second-order valence-corrected chi connectivity index (χ2v) is 8.04. The Morgan fingerprint density at radius 3 is 1.40 bits per heavy atom. The van der Waals surface area contributed by atoms with E-state index in [4.69, 9.17) is 43.4 Å². The van der Waals surface area contributed by atoms with Gasteiger partial charge >= 0.3 is 0 Å². The average molecular weight is 521 g/mol. The first kappa shape index (κ1) is 27.6. The van der Waals surface area contributed by atoms with Crippen molar-refractivity contribution in [2.45, 2.75) is 6.42 Å². The number of nitrogens with zero attached hydrogens (tertiary/aromatic N) is 2. The smallest absolute Gasteiger partial charge is 0.275 e. The molecule has 2 amide bonds. The lowest BCUT2D eigenvalue weighted by Gasteiger charge is -2.24. The van der Waals surface area contributed by atoms with Crippen LogP contribution in [-0.2, 0) is 0 Å². The number of para-hydroxylation sites is 2. The molecule has 0 heterocycles. The van der Waals surface area contributed by atoms with Crippen molar-refractivity contribution < 1.29 is 28.5 Å². The number of hydrogen-bond acceptors (Lipinski definition) is 8. The number of thiocarbonyl (C=S) groups is 2. The van der Waals surface area contributed by atoms with Crippen LogP contribution < -0.4 is 29.8 Å². The summed E-state index contributed by atoms with van der Waals surface area (Å²) in [5.41, 5.74) is 6.22. The fourth-order valence-corrected chi connectivity index (χ4v) is 3.83. The van der Waals surface area contributed by atoms with Crippen LogP contribution in [0.1, 0.15) is 27.1 Å². The molecule has 0 saturated heterocycles. The van der Waals surface area contributed by atoms with Gasteiger partial charge in [-0.2, -0.15) is 0 Å². The number of rotatable bonds is 8. The van der Waals surface area contributed by atoms with E-state index in [9.17, 15) is 9.59 Å². The zero-order chi connectivity index (χ0) is 26.1. The van der Waals surface area contributed by atoms with Crippen molar-refractivity contribution in [3.8, 4) is 23.0 Å². The van der Waals surface area contributed by atoms with Crippen molar-refractivity contribution in [3.63, 3.8) is 0 Å². The highest BCUT2D eigenvalue weighted by atomic mass is 32.1. The van der Waals surface area contributed by atoms with Crippen LogP contribution in [0.4, 0.5) is 0 Å². The molecule has 10 nitrogen and oxygen atoms in total. The molecule has 2 aromatic rings. The van der Waals surface area contributed by atoms with E-state index in [0.29, 0.717) is 34.1 Å². The molecule has 12 heteroatoms. The fraction of sp³-hybridized carbons (Fsp3) is 0.304. The summed E-state index contributed by atoms with van der Waals surface area (Å²) in [5.74, 6) is 0.702. The number of carbonyl (C=O) groups is 2. The Labute approximate surface area is 215 Å². The van der Waals surface area contributed by atoms with Crippen molar-refractivity contribution in [3.05, 3.63) is 47.5 Å². The minimum atomic E-state index is -0.389. The number of hydrogen-bond donors (Lipinski definition) is 2. The highest BCUT2D eigenvalue weighted by Crippen LogP contribution is 2.32. The molecular formula is C23H28N4O6S2. The van der Waals surface area contributed by atoms with E-state index in [1.165, 1.54) is 52.6 Å². The number of ether oxygens (including phenoxy) is 4. The SMILES string of the molecule is COc1cccc(C(=O)N(C)NC(=S)CC(=S)NN(C)C(=O)c2cccc(OC)c2OC)c1OC. The van der Waals surface area contributed by atoms with Crippen LogP contribution in [0, 0.1) is 0 Å². The fourth-order valence-electron chi connectivity index (χ4n) is 3.17. The molecule has 2 N–H and O–H groups in total. The molecule has 35 heavy (non-hydrogen) atoms. The third-order valence-corrected chi connectivity index (χ3v) is 5.25. The van der Waals surface area contributed by atoms with Gasteiger partial charge in [-0.1, -0.05) is 36.6 Å². The molecule has 188 valence electrons. The third-order valence-electron chi connectivity index (χ3n) is 4.78. The van der Waals surface area contributed by atoms with Crippen LogP contribution in [0.15, 0.2) is 36.4 Å². The van der Waals surface area contributed by atoms with E-state index in [0.717, 1.165) is 0 Å². The maximum Gasteiger partial charge on any atom is 0.275 e. The normalized spacial score (nSPS) is 10.0. The van der Waals surface area contributed by atoms with Gasteiger partial charge in [-0.05, 0) is 24.3 Å². The molecule has 0 aliphatic rings. The second-order valence-electron chi connectivity index (χ2n) is 7.06. The quantitative estimate of drug-likeness (QED) is 0.399. The lowest BCUT2D eigenvalue weighted by molar-refractivity contribution is 0.0751. The van der Waals surface area contributed by atoms with Crippen LogP contribution in [0.2, 0.25) is 0 Å². The predicted octanol–water partition coefficient (Wildman–Crippen LogP) is 2.62. The number of methoxy groups -OCH3 is 4. The lowest BCUT2D eigenvalue weighted by Crippen LogP contribution is -2.47. The number of benzene rings is 2.